The molecule has 0 saturated carbocycles. The fourth-order valence-corrected chi connectivity index (χ4v) is 68.1. The summed E-state index contributed by atoms with van der Waals surface area (Å²) in [7, 11) is 0. The molecule has 2 unspecified atom stereocenters. The maximum atomic E-state index is 12.9. The van der Waals surface area contributed by atoms with Crippen LogP contribution in [-0.4, -0.2) is 66.1 Å². The molecule has 2 fully saturated rings. The molecule has 8 heteroatoms. The molecular formula is C44H45InN4O2Zr. The Balaban J connectivity index is 1.47. The van der Waals surface area contributed by atoms with Crippen LogP contribution in [0.4, 0.5) is 0 Å². The molecule has 2 atom stereocenters. The summed E-state index contributed by atoms with van der Waals surface area (Å²) < 4.78 is 8.48. The van der Waals surface area contributed by atoms with Crippen molar-refractivity contribution in [1.82, 2.24) is 16.4 Å². The number of hydrogen-bond donors (Lipinski definition) is 2. The van der Waals surface area contributed by atoms with Crippen molar-refractivity contribution in [3.63, 3.8) is 0 Å². The molecule has 4 aromatic rings. The van der Waals surface area contributed by atoms with E-state index in [-0.39, 0.29) is 7.25 Å². The molecule has 2 aliphatic heterocycles. The third kappa shape index (κ3) is 6.51. The molecule has 2 aliphatic carbocycles. The van der Waals surface area contributed by atoms with E-state index in [2.05, 4.69) is 150 Å². The normalized spacial score (nSPS) is 20.6. The molecular weight excluding hydrogens is 823 g/mol. The fourth-order valence-electron chi connectivity index (χ4n) is 9.37. The number of rotatable bonds is 13. The second kappa shape index (κ2) is 16.0. The van der Waals surface area contributed by atoms with Crippen molar-refractivity contribution in [3.05, 3.63) is 167 Å². The van der Waals surface area contributed by atoms with Crippen molar-refractivity contribution in [2.45, 2.75) is 32.9 Å². The van der Waals surface area contributed by atoms with Gasteiger partial charge in [-0.15, -0.1) is 0 Å². The van der Waals surface area contributed by atoms with Gasteiger partial charge in [0.15, 0.2) is 0 Å². The Labute approximate surface area is 315 Å². The molecule has 2 amide bonds. The van der Waals surface area contributed by atoms with Crippen molar-refractivity contribution < 1.29 is 25.2 Å². The SMILES string of the molecule is O=C[NH][In]([NH]C=O)[Zr]([C](=CC=Cc1ccccc1)c1ccccc1)([CH]1C=C(N2CCCC2)c2ccccc21)[CH]1C=C(N2CCCC2)c2ccccc21. The third-order valence-corrected chi connectivity index (χ3v) is 66.4. The van der Waals surface area contributed by atoms with Crippen LogP contribution >= 0.6 is 0 Å². The van der Waals surface area contributed by atoms with E-state index >= 15 is 0 Å². The van der Waals surface area contributed by atoms with E-state index < -0.39 is 32.8 Å². The van der Waals surface area contributed by atoms with Gasteiger partial charge in [0.1, 0.15) is 0 Å². The summed E-state index contributed by atoms with van der Waals surface area (Å²) in [5.41, 5.74) is 10.3. The van der Waals surface area contributed by atoms with E-state index in [9.17, 15) is 9.59 Å². The quantitative estimate of drug-likeness (QED) is 0.107. The molecule has 52 heavy (non-hydrogen) atoms. The molecule has 0 aromatic heterocycles. The van der Waals surface area contributed by atoms with Crippen molar-refractivity contribution in [2.75, 3.05) is 26.2 Å². The van der Waals surface area contributed by atoms with Gasteiger partial charge in [-0.25, -0.2) is 0 Å². The standard InChI is InChI=1S/C16H13.2C13H14N.2CH3NO.In.Zr/c1-3-9-15(10-4-1)13-7-8-14-16-11-5-2-6-12-16;2*1-2-6-12-11(5-1)7-8-13(12)14-9-3-4-10-14;2*2-1-3;;/h1-13H;2*1-2,5-8H,3-4,9-10H2;2*1H,(H2,2,3);;/q;;;;;+2;/p-2. The van der Waals surface area contributed by atoms with Gasteiger partial charge in [0.05, 0.1) is 0 Å². The van der Waals surface area contributed by atoms with Gasteiger partial charge < -0.3 is 0 Å². The van der Waals surface area contributed by atoms with E-state index in [1.807, 2.05) is 6.07 Å². The number of nitrogens with one attached hydrogen (secondary N) is 2. The van der Waals surface area contributed by atoms with Gasteiger partial charge >= 0.3 is 318 Å². The van der Waals surface area contributed by atoms with Crippen LogP contribution in [0.25, 0.3) is 20.8 Å². The summed E-state index contributed by atoms with van der Waals surface area (Å²) in [5, 5.41) is 0. The average molecular weight is 868 g/mol. The van der Waals surface area contributed by atoms with Crippen LogP contribution in [0.1, 0.15) is 66.3 Å². The third-order valence-electron chi connectivity index (χ3n) is 11.6. The second-order valence-corrected chi connectivity index (χ2v) is 53.3. The Kier molecular flexibility index (Phi) is 10.8. The minimum atomic E-state index is -4.42. The molecule has 2 saturated heterocycles. The number of likely N-dealkylation sites (tertiary alicyclic amines) is 2. The number of carbonyl (C=O) groups is 2. The molecule has 4 aromatic carbocycles. The summed E-state index contributed by atoms with van der Waals surface area (Å²) in [6.45, 7) is 4.20. The van der Waals surface area contributed by atoms with Crippen LogP contribution in [0, 0.1) is 0 Å². The first-order valence-corrected chi connectivity index (χ1v) is 37.3. The van der Waals surface area contributed by atoms with Crippen molar-refractivity contribution in [2.24, 2.45) is 0 Å². The fraction of sp³-hybridized carbons (Fsp3) is 0.227. The van der Waals surface area contributed by atoms with Crippen LogP contribution in [-0.2, 0) is 25.2 Å². The summed E-state index contributed by atoms with van der Waals surface area (Å²) >= 11 is -8.10. The number of nitrogens with zero attached hydrogens (tertiary/aromatic N) is 2. The van der Waals surface area contributed by atoms with Crippen molar-refractivity contribution in [1.29, 1.82) is 0 Å². The molecule has 0 bridgehead atoms. The molecule has 0 radical (unpaired) electrons. The first-order chi connectivity index (χ1) is 25.7. The Hall–Kier alpha value is -3.87. The molecule has 4 aliphatic rings. The zero-order chi connectivity index (χ0) is 35.3. The first kappa shape index (κ1) is 35.2. The number of benzene rings is 4. The van der Waals surface area contributed by atoms with Crippen molar-refractivity contribution >= 4 is 50.8 Å². The second-order valence-electron chi connectivity index (χ2n) is 14.3. The maximum absolute atomic E-state index is 12.9. The predicted molar refractivity (Wildman–Crippen MR) is 210 cm³/mol. The zero-order valence-electron chi connectivity index (χ0n) is 29.5. The Bertz CT molecular complexity index is 1940. The molecule has 2 N–H and O–H groups in total. The van der Waals surface area contributed by atoms with Gasteiger partial charge in [-0.1, -0.05) is 0 Å². The van der Waals surface area contributed by atoms with Gasteiger partial charge in [-0.3, -0.25) is 0 Å². The summed E-state index contributed by atoms with van der Waals surface area (Å²) in [6.07, 6.45) is 18.5. The summed E-state index contributed by atoms with van der Waals surface area (Å²) in [6, 6.07) is 39.3. The van der Waals surface area contributed by atoms with Gasteiger partial charge in [-0.2, -0.15) is 0 Å². The summed E-state index contributed by atoms with van der Waals surface area (Å²) in [5.74, 6) is 0. The van der Waals surface area contributed by atoms with E-state index in [0.29, 0.717) is 0 Å². The molecule has 260 valence electrons. The van der Waals surface area contributed by atoms with E-state index in [4.69, 9.17) is 0 Å². The molecule has 8 rings (SSSR count). The number of allylic oxidation sites excluding steroid dienone is 4. The molecule has 2 heterocycles. The summed E-state index contributed by atoms with van der Waals surface area (Å²) in [4.78, 5) is 31.0. The topological polar surface area (TPSA) is 64.7 Å². The number of hydrogen-bond acceptors (Lipinski definition) is 4. The first-order valence-electron chi connectivity index (χ1n) is 18.7. The van der Waals surface area contributed by atoms with E-state index in [0.717, 1.165) is 44.6 Å². The zero-order valence-corrected chi connectivity index (χ0v) is 35.3. The minimum absolute atomic E-state index is 0.0746. The van der Waals surface area contributed by atoms with Gasteiger partial charge in [0.2, 0.25) is 0 Å². The van der Waals surface area contributed by atoms with Gasteiger partial charge in [-0.05, 0) is 0 Å². The van der Waals surface area contributed by atoms with E-state index in [1.54, 1.807) is 0 Å². The predicted octanol–water partition coefficient (Wildman–Crippen LogP) is 7.75. The number of amides is 2. The van der Waals surface area contributed by atoms with Crippen LogP contribution in [0.2, 0.25) is 0 Å². The molecule has 6 nitrogen and oxygen atoms in total. The van der Waals surface area contributed by atoms with Crippen molar-refractivity contribution in [3.8, 4) is 0 Å². The van der Waals surface area contributed by atoms with E-state index in [1.165, 1.54) is 68.2 Å². The Morgan fingerprint density at radius 2 is 1.08 bits per heavy atom. The molecule has 0 spiro atoms. The van der Waals surface area contributed by atoms with Gasteiger partial charge in [0, 0.05) is 0 Å². The van der Waals surface area contributed by atoms with Gasteiger partial charge in [0.25, 0.3) is 0 Å². The average Bonchev–Trinajstić information content (AvgIpc) is 4.03. The van der Waals surface area contributed by atoms with Crippen LogP contribution in [0.3, 0.4) is 0 Å². The van der Waals surface area contributed by atoms with Crippen LogP contribution in [0.5, 0.6) is 0 Å². The monoisotopic (exact) mass is 866 g/mol. The van der Waals surface area contributed by atoms with Crippen LogP contribution < -0.4 is 6.61 Å². The Morgan fingerprint density at radius 3 is 1.58 bits per heavy atom. The Morgan fingerprint density at radius 1 is 0.615 bits per heavy atom. The van der Waals surface area contributed by atoms with Crippen LogP contribution in [0.15, 0.2) is 133 Å². The number of carbonyl (C=O) groups excluding carboxylic acids is 2. The number of fused-ring (bicyclic) bond motifs is 2.